The monoisotopic (exact) mass is 173 g/mol. The van der Waals surface area contributed by atoms with E-state index in [0.717, 1.165) is 32.4 Å². The molecule has 1 rings (SSSR count). The van der Waals surface area contributed by atoms with Crippen molar-refractivity contribution in [2.75, 3.05) is 27.3 Å². The Bertz CT molecular complexity index is 130. The molecule has 1 N–H and O–H groups in total. The molecule has 72 valence electrons. The summed E-state index contributed by atoms with van der Waals surface area (Å²) in [6.07, 6.45) is 3.12. The molecule has 0 bridgehead atoms. The Morgan fingerprint density at radius 2 is 2.25 bits per heavy atom. The summed E-state index contributed by atoms with van der Waals surface area (Å²) in [6, 6.07) is 0.361. The molecule has 2 atom stereocenters. The first-order valence-corrected chi connectivity index (χ1v) is 4.63. The van der Waals surface area contributed by atoms with E-state index in [9.17, 15) is 5.11 Å². The van der Waals surface area contributed by atoms with Crippen LogP contribution in [0.25, 0.3) is 0 Å². The average molecular weight is 173 g/mol. The predicted octanol–water partition coefficient (Wildman–Crippen LogP) is 0.478. The van der Waals surface area contributed by atoms with E-state index in [0.29, 0.717) is 6.04 Å². The van der Waals surface area contributed by atoms with Crippen LogP contribution in [0.2, 0.25) is 0 Å². The highest BCUT2D eigenvalue weighted by Gasteiger charge is 2.27. The second-order valence-electron chi connectivity index (χ2n) is 3.54. The zero-order chi connectivity index (χ0) is 8.97. The van der Waals surface area contributed by atoms with Gasteiger partial charge in [0.1, 0.15) is 0 Å². The first-order valence-electron chi connectivity index (χ1n) is 4.63. The highest BCUT2D eigenvalue weighted by Crippen LogP contribution is 2.22. The van der Waals surface area contributed by atoms with Crippen molar-refractivity contribution >= 4 is 0 Å². The van der Waals surface area contributed by atoms with Crippen molar-refractivity contribution < 1.29 is 9.84 Å². The van der Waals surface area contributed by atoms with Crippen molar-refractivity contribution in [3.63, 3.8) is 0 Å². The fourth-order valence-corrected chi connectivity index (χ4v) is 1.84. The van der Waals surface area contributed by atoms with Crippen LogP contribution in [0, 0.1) is 0 Å². The van der Waals surface area contributed by atoms with E-state index in [1.54, 1.807) is 7.11 Å². The van der Waals surface area contributed by atoms with Crippen molar-refractivity contribution in [2.45, 2.75) is 31.4 Å². The molecular weight excluding hydrogens is 154 g/mol. The maximum Gasteiger partial charge on any atom is 0.0695 e. The van der Waals surface area contributed by atoms with Crippen LogP contribution in [0.1, 0.15) is 19.3 Å². The first kappa shape index (κ1) is 9.96. The van der Waals surface area contributed by atoms with Crippen LogP contribution >= 0.6 is 0 Å². The average Bonchev–Trinajstić information content (AvgIpc) is 2.47. The Labute approximate surface area is 74.3 Å². The summed E-state index contributed by atoms with van der Waals surface area (Å²) in [6.45, 7) is 1.66. The van der Waals surface area contributed by atoms with Crippen LogP contribution in [0.4, 0.5) is 0 Å². The Morgan fingerprint density at radius 1 is 1.50 bits per heavy atom. The van der Waals surface area contributed by atoms with Crippen molar-refractivity contribution in [1.82, 2.24) is 4.90 Å². The van der Waals surface area contributed by atoms with Gasteiger partial charge < -0.3 is 9.84 Å². The highest BCUT2D eigenvalue weighted by atomic mass is 16.5. The molecule has 1 aliphatic carbocycles. The highest BCUT2D eigenvalue weighted by molar-refractivity contribution is 4.83. The van der Waals surface area contributed by atoms with E-state index in [1.807, 2.05) is 0 Å². The maximum absolute atomic E-state index is 9.58. The van der Waals surface area contributed by atoms with Gasteiger partial charge in [-0.2, -0.15) is 0 Å². The van der Waals surface area contributed by atoms with Crippen LogP contribution < -0.4 is 0 Å². The smallest absolute Gasteiger partial charge is 0.0695 e. The molecule has 1 saturated carbocycles. The fraction of sp³-hybridized carbons (Fsp3) is 1.00. The lowest BCUT2D eigenvalue weighted by Crippen LogP contribution is -2.39. The van der Waals surface area contributed by atoms with E-state index in [4.69, 9.17) is 4.74 Å². The summed E-state index contributed by atoms with van der Waals surface area (Å²) in [5.74, 6) is 0. The van der Waals surface area contributed by atoms with Crippen LogP contribution in [0.15, 0.2) is 0 Å². The van der Waals surface area contributed by atoms with Gasteiger partial charge in [0.15, 0.2) is 0 Å². The zero-order valence-corrected chi connectivity index (χ0v) is 7.99. The van der Waals surface area contributed by atoms with Gasteiger partial charge in [-0.3, -0.25) is 4.90 Å². The van der Waals surface area contributed by atoms with E-state index in [-0.39, 0.29) is 6.10 Å². The molecule has 0 aromatic carbocycles. The number of rotatable bonds is 4. The molecule has 0 aromatic rings. The third-order valence-electron chi connectivity index (χ3n) is 2.66. The second kappa shape index (κ2) is 4.80. The molecule has 0 spiro atoms. The maximum atomic E-state index is 9.58. The fourth-order valence-electron chi connectivity index (χ4n) is 1.84. The Morgan fingerprint density at radius 3 is 2.75 bits per heavy atom. The quantitative estimate of drug-likeness (QED) is 0.671. The molecule has 0 aliphatic heterocycles. The molecule has 1 aliphatic rings. The molecule has 1 fully saturated rings. The molecule has 0 radical (unpaired) electrons. The zero-order valence-electron chi connectivity index (χ0n) is 7.99. The van der Waals surface area contributed by atoms with E-state index >= 15 is 0 Å². The summed E-state index contributed by atoms with van der Waals surface area (Å²) < 4.78 is 4.98. The van der Waals surface area contributed by atoms with Gasteiger partial charge in [0.05, 0.1) is 12.7 Å². The molecule has 0 heterocycles. The van der Waals surface area contributed by atoms with E-state index < -0.39 is 0 Å². The summed E-state index contributed by atoms with van der Waals surface area (Å²) in [5, 5.41) is 9.58. The minimum absolute atomic E-state index is 0.119. The van der Waals surface area contributed by atoms with Gasteiger partial charge in [-0.05, 0) is 26.3 Å². The number of methoxy groups -OCH3 is 1. The molecule has 0 saturated heterocycles. The lowest BCUT2D eigenvalue weighted by atomic mass is 10.2. The molecular formula is C9H19NO2. The topological polar surface area (TPSA) is 32.7 Å². The van der Waals surface area contributed by atoms with Crippen molar-refractivity contribution in [2.24, 2.45) is 0 Å². The van der Waals surface area contributed by atoms with Gasteiger partial charge in [0.2, 0.25) is 0 Å². The van der Waals surface area contributed by atoms with Crippen molar-refractivity contribution in [1.29, 1.82) is 0 Å². The normalized spacial score (nSPS) is 30.0. The van der Waals surface area contributed by atoms with Gasteiger partial charge in [0, 0.05) is 19.7 Å². The first-order chi connectivity index (χ1) is 5.75. The second-order valence-corrected chi connectivity index (χ2v) is 3.54. The van der Waals surface area contributed by atoms with Crippen molar-refractivity contribution in [3.05, 3.63) is 0 Å². The number of hydrogen-bond acceptors (Lipinski definition) is 3. The summed E-state index contributed by atoms with van der Waals surface area (Å²) in [5.41, 5.74) is 0. The number of nitrogens with zero attached hydrogens (tertiary/aromatic N) is 1. The lowest BCUT2D eigenvalue weighted by molar-refractivity contribution is 0.0678. The lowest BCUT2D eigenvalue weighted by Gasteiger charge is -2.26. The van der Waals surface area contributed by atoms with Gasteiger partial charge in [-0.15, -0.1) is 0 Å². The Hall–Kier alpha value is -0.120. The molecule has 3 nitrogen and oxygen atoms in total. The summed E-state index contributed by atoms with van der Waals surface area (Å²) in [4.78, 5) is 2.20. The van der Waals surface area contributed by atoms with Crippen LogP contribution in [0.5, 0.6) is 0 Å². The summed E-state index contributed by atoms with van der Waals surface area (Å²) in [7, 11) is 3.76. The third kappa shape index (κ3) is 2.44. The number of hydrogen-bond donors (Lipinski definition) is 1. The Balaban J connectivity index is 2.25. The minimum atomic E-state index is -0.119. The molecule has 3 heteroatoms. The number of aliphatic hydroxyl groups excluding tert-OH is 1. The van der Waals surface area contributed by atoms with Gasteiger partial charge in [-0.1, -0.05) is 0 Å². The standard InChI is InChI=1S/C9H19NO2/c1-10(6-7-12-2)8-4-3-5-9(8)11/h8-9,11H,3-7H2,1-2H3. The summed E-state index contributed by atoms with van der Waals surface area (Å²) >= 11 is 0. The van der Waals surface area contributed by atoms with E-state index in [1.165, 1.54) is 0 Å². The molecule has 2 unspecified atom stereocenters. The minimum Gasteiger partial charge on any atom is -0.391 e. The van der Waals surface area contributed by atoms with Crippen molar-refractivity contribution in [3.8, 4) is 0 Å². The molecule has 12 heavy (non-hydrogen) atoms. The largest absolute Gasteiger partial charge is 0.391 e. The molecule has 0 amide bonds. The van der Waals surface area contributed by atoms with Gasteiger partial charge in [0.25, 0.3) is 0 Å². The predicted molar refractivity (Wildman–Crippen MR) is 48.2 cm³/mol. The van der Waals surface area contributed by atoms with Crippen LogP contribution in [-0.4, -0.2) is 49.5 Å². The van der Waals surface area contributed by atoms with Crippen LogP contribution in [0.3, 0.4) is 0 Å². The van der Waals surface area contributed by atoms with Gasteiger partial charge >= 0.3 is 0 Å². The number of likely N-dealkylation sites (N-methyl/N-ethyl adjacent to an activating group) is 1. The molecule has 0 aromatic heterocycles. The third-order valence-corrected chi connectivity index (χ3v) is 2.66. The van der Waals surface area contributed by atoms with E-state index in [2.05, 4.69) is 11.9 Å². The van der Waals surface area contributed by atoms with Gasteiger partial charge in [-0.25, -0.2) is 0 Å². The SMILES string of the molecule is COCCN(C)C1CCCC1O. The Kier molecular flexibility index (Phi) is 3.98. The van der Waals surface area contributed by atoms with Crippen LogP contribution in [-0.2, 0) is 4.74 Å². The number of aliphatic hydroxyl groups is 1. The number of ether oxygens (including phenoxy) is 1.